The number of aromatic nitrogens is 4. The van der Waals surface area contributed by atoms with Crippen LogP contribution in [0.15, 0.2) is 42.6 Å². The first-order valence-electron chi connectivity index (χ1n) is 15.1. The highest BCUT2D eigenvalue weighted by atomic mass is 35.5. The summed E-state index contributed by atoms with van der Waals surface area (Å²) in [4.78, 5) is 22.0. The molecule has 6 rings (SSSR count). The maximum absolute atomic E-state index is 6.37. The number of benzene rings is 2. The van der Waals surface area contributed by atoms with E-state index < -0.39 is 0 Å². The summed E-state index contributed by atoms with van der Waals surface area (Å²) in [5.74, 6) is 1.94. The van der Waals surface area contributed by atoms with Crippen molar-refractivity contribution in [1.29, 1.82) is 0 Å². The fraction of sp³-hybridized carbons (Fsp3) is 0.375. The molecule has 8 N–H and O–H groups in total. The van der Waals surface area contributed by atoms with Crippen molar-refractivity contribution < 1.29 is 0 Å². The SMILES string of the molecule is CC1(N)CCN(c2cnc(-c3cccc(Cl)c3Cl)c(N)n2)CC1.CC1(N)CCN(c2nc(N)c(-c3cccc(Cl)c3Cl)nc2Cl)CC1. The Morgan fingerprint density at radius 3 is 1.62 bits per heavy atom. The lowest BCUT2D eigenvalue weighted by molar-refractivity contribution is 0.363. The Morgan fingerprint density at radius 1 is 0.638 bits per heavy atom. The Kier molecular flexibility index (Phi) is 10.8. The van der Waals surface area contributed by atoms with Crippen molar-refractivity contribution in [3.05, 3.63) is 67.8 Å². The van der Waals surface area contributed by atoms with E-state index >= 15 is 0 Å². The van der Waals surface area contributed by atoms with Crippen LogP contribution in [0.3, 0.4) is 0 Å². The molecule has 4 heterocycles. The first-order chi connectivity index (χ1) is 22.2. The van der Waals surface area contributed by atoms with E-state index in [0.717, 1.165) is 57.7 Å². The molecular formula is C32H37Cl5N10. The van der Waals surface area contributed by atoms with Gasteiger partial charge in [-0.25, -0.2) is 19.9 Å². The molecule has 47 heavy (non-hydrogen) atoms. The number of hydrogen-bond donors (Lipinski definition) is 4. The van der Waals surface area contributed by atoms with Gasteiger partial charge in [-0.2, -0.15) is 0 Å². The van der Waals surface area contributed by atoms with E-state index in [9.17, 15) is 0 Å². The van der Waals surface area contributed by atoms with Gasteiger partial charge in [0.1, 0.15) is 17.2 Å². The first kappa shape index (κ1) is 35.5. The molecule has 0 bridgehead atoms. The molecular weight excluding hydrogens is 702 g/mol. The van der Waals surface area contributed by atoms with Crippen LogP contribution in [0.5, 0.6) is 0 Å². The highest BCUT2D eigenvalue weighted by molar-refractivity contribution is 6.44. The van der Waals surface area contributed by atoms with Crippen molar-refractivity contribution in [2.24, 2.45) is 11.5 Å². The number of nitrogens with zero attached hydrogens (tertiary/aromatic N) is 6. The quantitative estimate of drug-likeness (QED) is 0.167. The third kappa shape index (κ3) is 8.25. The lowest BCUT2D eigenvalue weighted by Gasteiger charge is -2.37. The minimum Gasteiger partial charge on any atom is -0.382 e. The normalized spacial score (nSPS) is 17.2. The second-order valence-corrected chi connectivity index (χ2v) is 14.4. The molecule has 0 atom stereocenters. The zero-order valence-electron chi connectivity index (χ0n) is 26.1. The van der Waals surface area contributed by atoms with Gasteiger partial charge < -0.3 is 32.7 Å². The van der Waals surface area contributed by atoms with E-state index in [1.807, 2.05) is 12.1 Å². The molecule has 15 heteroatoms. The van der Waals surface area contributed by atoms with Gasteiger partial charge in [-0.05, 0) is 51.7 Å². The van der Waals surface area contributed by atoms with Crippen LogP contribution < -0.4 is 32.7 Å². The lowest BCUT2D eigenvalue weighted by atomic mass is 9.91. The number of hydrogen-bond acceptors (Lipinski definition) is 10. The van der Waals surface area contributed by atoms with E-state index in [4.69, 9.17) is 80.9 Å². The molecule has 2 aromatic carbocycles. The molecule has 4 aromatic rings. The van der Waals surface area contributed by atoms with E-state index in [1.165, 1.54) is 0 Å². The number of anilines is 4. The number of rotatable bonds is 4. The first-order valence-corrected chi connectivity index (χ1v) is 17.0. The van der Waals surface area contributed by atoms with Crippen LogP contribution in [0.1, 0.15) is 39.5 Å². The molecule has 0 radical (unpaired) electrons. The Morgan fingerprint density at radius 2 is 1.11 bits per heavy atom. The minimum absolute atomic E-state index is 0.107. The van der Waals surface area contributed by atoms with Crippen LogP contribution in [0, 0.1) is 0 Å². The molecule has 0 spiro atoms. The minimum atomic E-state index is -0.157. The van der Waals surface area contributed by atoms with E-state index in [1.54, 1.807) is 30.5 Å². The van der Waals surface area contributed by atoms with Crippen LogP contribution in [0.25, 0.3) is 22.5 Å². The fourth-order valence-corrected chi connectivity index (χ4v) is 6.45. The summed E-state index contributed by atoms with van der Waals surface area (Å²) in [6.07, 6.45) is 5.26. The molecule has 0 amide bonds. The third-order valence-electron chi connectivity index (χ3n) is 8.50. The van der Waals surface area contributed by atoms with Gasteiger partial charge in [0.25, 0.3) is 0 Å². The molecule has 2 aromatic heterocycles. The Labute approximate surface area is 299 Å². The van der Waals surface area contributed by atoms with Gasteiger partial charge in [-0.1, -0.05) is 82.3 Å². The van der Waals surface area contributed by atoms with Crippen LogP contribution >= 0.6 is 58.0 Å². The maximum atomic E-state index is 6.37. The predicted octanol–water partition coefficient (Wildman–Crippen LogP) is 7.35. The van der Waals surface area contributed by atoms with E-state index in [-0.39, 0.29) is 22.0 Å². The zero-order valence-corrected chi connectivity index (χ0v) is 29.9. The van der Waals surface area contributed by atoms with Crippen molar-refractivity contribution in [1.82, 2.24) is 19.9 Å². The average molecular weight is 739 g/mol. The summed E-state index contributed by atoms with van der Waals surface area (Å²) in [7, 11) is 0. The average Bonchev–Trinajstić information content (AvgIpc) is 3.02. The molecule has 10 nitrogen and oxygen atoms in total. The summed E-state index contributed by atoms with van der Waals surface area (Å²) in [6, 6.07) is 10.6. The molecule has 2 aliphatic rings. The van der Waals surface area contributed by atoms with Gasteiger partial charge in [0.2, 0.25) is 0 Å². The summed E-state index contributed by atoms with van der Waals surface area (Å²) in [5, 5.41) is 1.98. The van der Waals surface area contributed by atoms with Crippen molar-refractivity contribution in [3.63, 3.8) is 0 Å². The second-order valence-electron chi connectivity index (χ2n) is 12.5. The van der Waals surface area contributed by atoms with Crippen molar-refractivity contribution in [2.75, 3.05) is 47.4 Å². The summed E-state index contributed by atoms with van der Waals surface area (Å²) >= 11 is 31.0. The predicted molar refractivity (Wildman–Crippen MR) is 197 cm³/mol. The van der Waals surface area contributed by atoms with Crippen LogP contribution in [0.4, 0.5) is 23.3 Å². The molecule has 2 aliphatic heterocycles. The van der Waals surface area contributed by atoms with Crippen molar-refractivity contribution in [2.45, 2.75) is 50.6 Å². The molecule has 2 fully saturated rings. The number of halogens is 5. The zero-order chi connectivity index (χ0) is 34.1. The van der Waals surface area contributed by atoms with E-state index in [0.29, 0.717) is 54.2 Å². The molecule has 0 saturated carbocycles. The standard InChI is InChI=1S/C16H18Cl3N5.C16H19Cl2N5/c1-16(21)5-7-24(8-6-16)15-13(19)22-12(14(20)23-15)9-3-2-4-10(17)11(9)18;1-16(20)5-7-23(8-6-16)12-9-21-14(15(19)22-12)10-3-2-4-11(17)13(10)18/h2-4H,5-8,21H2,1H3,(H2,20,23);2-4,9H,5-8,20H2,1H3,(H2,19,22). The highest BCUT2D eigenvalue weighted by Crippen LogP contribution is 2.38. The highest BCUT2D eigenvalue weighted by Gasteiger charge is 2.29. The summed E-state index contributed by atoms with van der Waals surface area (Å²) in [5.41, 5.74) is 26.6. The molecule has 0 aliphatic carbocycles. The largest absolute Gasteiger partial charge is 0.382 e. The molecule has 2 saturated heterocycles. The Balaban J connectivity index is 0.000000185. The topological polar surface area (TPSA) is 162 Å². The number of piperidine rings is 2. The van der Waals surface area contributed by atoms with Gasteiger partial charge in [-0.15, -0.1) is 0 Å². The number of nitrogen functional groups attached to an aromatic ring is 2. The smallest absolute Gasteiger partial charge is 0.172 e. The van der Waals surface area contributed by atoms with Crippen LogP contribution in [-0.4, -0.2) is 57.2 Å². The van der Waals surface area contributed by atoms with Crippen LogP contribution in [0.2, 0.25) is 25.2 Å². The van der Waals surface area contributed by atoms with Gasteiger partial charge in [-0.3, -0.25) is 0 Å². The van der Waals surface area contributed by atoms with E-state index in [2.05, 4.69) is 43.6 Å². The number of nitrogens with two attached hydrogens (primary N) is 4. The van der Waals surface area contributed by atoms with Crippen molar-refractivity contribution in [3.8, 4) is 22.5 Å². The Bertz CT molecular complexity index is 1750. The van der Waals surface area contributed by atoms with Crippen LogP contribution in [-0.2, 0) is 0 Å². The monoisotopic (exact) mass is 736 g/mol. The van der Waals surface area contributed by atoms with Gasteiger partial charge in [0.15, 0.2) is 22.6 Å². The summed E-state index contributed by atoms with van der Waals surface area (Å²) in [6.45, 7) is 7.35. The Hall–Kier alpha value is -2.83. The van der Waals surface area contributed by atoms with Crippen molar-refractivity contribution >= 4 is 81.3 Å². The van der Waals surface area contributed by atoms with Gasteiger partial charge in [0, 0.05) is 48.4 Å². The van der Waals surface area contributed by atoms with Gasteiger partial charge in [0.05, 0.1) is 26.3 Å². The fourth-order valence-electron chi connectivity index (χ4n) is 5.42. The lowest BCUT2D eigenvalue weighted by Crippen LogP contribution is -2.48. The second kappa shape index (κ2) is 14.3. The third-order valence-corrected chi connectivity index (χ3v) is 10.4. The van der Waals surface area contributed by atoms with Gasteiger partial charge >= 0.3 is 0 Å². The molecule has 0 unspecified atom stereocenters. The molecule has 250 valence electrons. The maximum Gasteiger partial charge on any atom is 0.172 e. The summed E-state index contributed by atoms with van der Waals surface area (Å²) < 4.78 is 0.